The summed E-state index contributed by atoms with van der Waals surface area (Å²) in [6.07, 6.45) is 0. The zero-order chi connectivity index (χ0) is 32.3. The van der Waals surface area contributed by atoms with Crippen LogP contribution in [0.3, 0.4) is 0 Å². The monoisotopic (exact) mass is 625 g/mol. The largest absolute Gasteiger partial charge is 0.456 e. The average molecular weight is 626 g/mol. The SMILES string of the molecule is c1ccc(-c2nc(-c3cccc4c(-c5cccc6oc7ccccc7c56)cccc34)nc(-c3cc4ccccc4c4ccccc34)n2)cc1. The minimum absolute atomic E-state index is 0.635. The zero-order valence-corrected chi connectivity index (χ0v) is 26.3. The Kier molecular flexibility index (Phi) is 6.15. The first-order chi connectivity index (χ1) is 24.3. The molecule has 0 aliphatic rings. The van der Waals surface area contributed by atoms with Gasteiger partial charge in [-0.2, -0.15) is 0 Å². The molecule has 2 aromatic heterocycles. The number of para-hydroxylation sites is 1. The second-order valence-corrected chi connectivity index (χ2v) is 12.3. The van der Waals surface area contributed by atoms with E-state index in [0.29, 0.717) is 17.5 Å². The van der Waals surface area contributed by atoms with E-state index in [1.54, 1.807) is 0 Å². The first-order valence-electron chi connectivity index (χ1n) is 16.5. The summed E-state index contributed by atoms with van der Waals surface area (Å²) in [5.74, 6) is 1.92. The maximum atomic E-state index is 6.26. The van der Waals surface area contributed by atoms with E-state index in [0.717, 1.165) is 71.3 Å². The predicted molar refractivity (Wildman–Crippen MR) is 201 cm³/mol. The molecule has 0 saturated heterocycles. The van der Waals surface area contributed by atoms with Crippen LogP contribution in [-0.4, -0.2) is 15.0 Å². The third-order valence-corrected chi connectivity index (χ3v) is 9.53. The maximum absolute atomic E-state index is 6.26. The van der Waals surface area contributed by atoms with E-state index in [2.05, 4.69) is 127 Å². The van der Waals surface area contributed by atoms with Gasteiger partial charge in [0.25, 0.3) is 0 Å². The van der Waals surface area contributed by atoms with Crippen LogP contribution >= 0.6 is 0 Å². The molecular formula is C45H27N3O. The van der Waals surface area contributed by atoms with Gasteiger partial charge in [-0.25, -0.2) is 15.0 Å². The summed E-state index contributed by atoms with van der Waals surface area (Å²) in [7, 11) is 0. The Morgan fingerprint density at radius 1 is 0.327 bits per heavy atom. The summed E-state index contributed by atoms with van der Waals surface area (Å²) >= 11 is 0. The van der Waals surface area contributed by atoms with Crippen LogP contribution in [0, 0.1) is 0 Å². The Morgan fingerprint density at radius 2 is 0.857 bits per heavy atom. The molecule has 0 spiro atoms. The van der Waals surface area contributed by atoms with Gasteiger partial charge in [-0.1, -0.05) is 146 Å². The van der Waals surface area contributed by atoms with E-state index in [9.17, 15) is 0 Å². The molecule has 4 nitrogen and oxygen atoms in total. The highest BCUT2D eigenvalue weighted by Crippen LogP contribution is 2.41. The van der Waals surface area contributed by atoms with Gasteiger partial charge in [0.15, 0.2) is 17.5 Å². The first kappa shape index (κ1) is 27.5. The number of aromatic nitrogens is 3. The standard InChI is InChI=1S/C45H27N3O/c1-2-13-28(14-3-1)43-46-44(48-45(47-43)39-27-29-15-4-5-16-30(29)31-17-6-7-18-35(31)39)37-24-11-20-32-33(21-10-22-34(32)37)36-23-12-26-41-42(36)38-19-8-9-25-40(38)49-41/h1-27H. The van der Waals surface area contributed by atoms with Gasteiger partial charge in [0.05, 0.1) is 0 Å². The molecule has 0 atom stereocenters. The van der Waals surface area contributed by atoms with Crippen LogP contribution in [0.5, 0.6) is 0 Å². The van der Waals surface area contributed by atoms with E-state index in [1.807, 2.05) is 36.4 Å². The van der Waals surface area contributed by atoms with Crippen LogP contribution in [-0.2, 0) is 0 Å². The molecule has 2 heterocycles. The lowest BCUT2D eigenvalue weighted by Gasteiger charge is -2.14. The van der Waals surface area contributed by atoms with Gasteiger partial charge < -0.3 is 4.42 Å². The fourth-order valence-electron chi connectivity index (χ4n) is 7.31. The summed E-state index contributed by atoms with van der Waals surface area (Å²) in [6.45, 7) is 0. The lowest BCUT2D eigenvalue weighted by atomic mass is 9.93. The highest BCUT2D eigenvalue weighted by atomic mass is 16.3. The lowest BCUT2D eigenvalue weighted by Crippen LogP contribution is -2.01. The molecule has 8 aromatic carbocycles. The van der Waals surface area contributed by atoms with Crippen molar-refractivity contribution in [1.29, 1.82) is 0 Å². The van der Waals surface area contributed by atoms with Gasteiger partial charge in [-0.05, 0) is 61.6 Å². The summed E-state index contributed by atoms with van der Waals surface area (Å²) < 4.78 is 6.26. The number of benzene rings is 8. The third kappa shape index (κ3) is 4.42. The van der Waals surface area contributed by atoms with Crippen molar-refractivity contribution in [2.24, 2.45) is 0 Å². The Balaban J connectivity index is 1.24. The molecule has 0 unspecified atom stereocenters. The topological polar surface area (TPSA) is 51.8 Å². The van der Waals surface area contributed by atoms with Gasteiger partial charge >= 0.3 is 0 Å². The number of nitrogens with zero attached hydrogens (tertiary/aromatic N) is 3. The van der Waals surface area contributed by atoms with Gasteiger partial charge in [-0.3, -0.25) is 0 Å². The molecule has 49 heavy (non-hydrogen) atoms. The average Bonchev–Trinajstić information content (AvgIpc) is 3.56. The number of hydrogen-bond acceptors (Lipinski definition) is 4. The minimum atomic E-state index is 0.635. The molecule has 0 N–H and O–H groups in total. The van der Waals surface area contributed by atoms with Crippen molar-refractivity contribution in [3.05, 3.63) is 164 Å². The molecule has 4 heteroatoms. The van der Waals surface area contributed by atoms with Crippen LogP contribution in [0.1, 0.15) is 0 Å². The highest BCUT2D eigenvalue weighted by molar-refractivity contribution is 6.16. The highest BCUT2D eigenvalue weighted by Gasteiger charge is 2.19. The Hall–Kier alpha value is -6.65. The maximum Gasteiger partial charge on any atom is 0.164 e. The van der Waals surface area contributed by atoms with Crippen molar-refractivity contribution in [3.63, 3.8) is 0 Å². The van der Waals surface area contributed by atoms with Gasteiger partial charge in [0.2, 0.25) is 0 Å². The minimum Gasteiger partial charge on any atom is -0.456 e. The van der Waals surface area contributed by atoms with Crippen molar-refractivity contribution in [1.82, 2.24) is 15.0 Å². The van der Waals surface area contributed by atoms with Gasteiger partial charge in [0.1, 0.15) is 11.2 Å². The number of furan rings is 1. The second kappa shape index (κ2) is 11.0. The van der Waals surface area contributed by atoms with Gasteiger partial charge in [0, 0.05) is 27.5 Å². The zero-order valence-electron chi connectivity index (χ0n) is 26.3. The predicted octanol–water partition coefficient (Wildman–Crippen LogP) is 11.9. The quantitative estimate of drug-likeness (QED) is 0.183. The Morgan fingerprint density at radius 3 is 1.69 bits per heavy atom. The smallest absolute Gasteiger partial charge is 0.164 e. The van der Waals surface area contributed by atoms with Crippen LogP contribution in [0.4, 0.5) is 0 Å². The summed E-state index contributed by atoms with van der Waals surface area (Å²) in [4.78, 5) is 15.5. The summed E-state index contributed by atoms with van der Waals surface area (Å²) in [5, 5.41) is 9.07. The van der Waals surface area contributed by atoms with Crippen LogP contribution in [0.25, 0.3) is 99.5 Å². The fourth-order valence-corrected chi connectivity index (χ4v) is 7.31. The van der Waals surface area contributed by atoms with E-state index < -0.39 is 0 Å². The number of fused-ring (bicyclic) bond motifs is 7. The van der Waals surface area contributed by atoms with E-state index >= 15 is 0 Å². The molecule has 10 rings (SSSR count). The molecule has 0 aliphatic carbocycles. The molecule has 0 saturated carbocycles. The normalized spacial score (nSPS) is 11.7. The second-order valence-electron chi connectivity index (χ2n) is 12.3. The van der Waals surface area contributed by atoms with E-state index in [1.165, 1.54) is 10.8 Å². The molecular weight excluding hydrogens is 599 g/mol. The van der Waals surface area contributed by atoms with Crippen LogP contribution in [0.15, 0.2) is 168 Å². The molecule has 0 fully saturated rings. The molecule has 0 radical (unpaired) electrons. The summed E-state index contributed by atoms with van der Waals surface area (Å²) in [5.41, 5.74) is 6.91. The van der Waals surface area contributed by atoms with Crippen molar-refractivity contribution in [2.75, 3.05) is 0 Å². The van der Waals surface area contributed by atoms with Gasteiger partial charge in [-0.15, -0.1) is 0 Å². The van der Waals surface area contributed by atoms with E-state index in [4.69, 9.17) is 19.4 Å². The van der Waals surface area contributed by atoms with Crippen molar-refractivity contribution in [3.8, 4) is 45.3 Å². The Labute approximate surface area is 282 Å². The molecule has 228 valence electrons. The van der Waals surface area contributed by atoms with E-state index in [-0.39, 0.29) is 0 Å². The van der Waals surface area contributed by atoms with Crippen LogP contribution in [0.2, 0.25) is 0 Å². The number of rotatable bonds is 4. The molecule has 0 bridgehead atoms. The van der Waals surface area contributed by atoms with Crippen LogP contribution < -0.4 is 0 Å². The van der Waals surface area contributed by atoms with Crippen molar-refractivity contribution < 1.29 is 4.42 Å². The first-order valence-corrected chi connectivity index (χ1v) is 16.5. The summed E-state index contributed by atoms with van der Waals surface area (Å²) in [6, 6.07) is 56.8. The lowest BCUT2D eigenvalue weighted by molar-refractivity contribution is 0.669. The fraction of sp³-hybridized carbons (Fsp3) is 0. The Bertz CT molecular complexity index is 2890. The van der Waals surface area contributed by atoms with Crippen molar-refractivity contribution >= 4 is 54.3 Å². The molecule has 0 aliphatic heterocycles. The molecule has 10 aromatic rings. The number of hydrogen-bond donors (Lipinski definition) is 0. The molecule has 0 amide bonds. The van der Waals surface area contributed by atoms with Crippen molar-refractivity contribution in [2.45, 2.75) is 0 Å². The third-order valence-electron chi connectivity index (χ3n) is 9.53.